The normalized spacial score (nSPS) is 23.4. The van der Waals surface area contributed by atoms with Gasteiger partial charge in [-0.15, -0.1) is 0 Å². The van der Waals surface area contributed by atoms with Crippen molar-refractivity contribution >= 4 is 28.2 Å². The van der Waals surface area contributed by atoms with Crippen molar-refractivity contribution in [3.63, 3.8) is 0 Å². The largest absolute Gasteiger partial charge is 0.384 e. The molecule has 0 aromatic carbocycles. The van der Waals surface area contributed by atoms with Gasteiger partial charge in [-0.25, -0.2) is 9.37 Å². The molecule has 0 saturated carbocycles. The number of alkyl halides is 1. The van der Waals surface area contributed by atoms with Gasteiger partial charge in [0.25, 0.3) is 5.56 Å². The van der Waals surface area contributed by atoms with Crippen LogP contribution in [0.2, 0.25) is 0 Å². The van der Waals surface area contributed by atoms with Gasteiger partial charge in [0, 0.05) is 62.0 Å². The number of H-pyrrole nitrogens is 1. The summed E-state index contributed by atoms with van der Waals surface area (Å²) in [4.78, 5) is 25.0. The summed E-state index contributed by atoms with van der Waals surface area (Å²) >= 11 is 1.42. The molecule has 2 N–H and O–H groups in total. The molecular weight excluding hydrogens is 415 g/mol. The molecule has 7 nitrogen and oxygen atoms in total. The highest BCUT2D eigenvalue weighted by molar-refractivity contribution is 7.16. The number of piperazine rings is 1. The standard InChI is InChI=1S/C22H25FN6OS/c1-13-14(12-28-5-7-29(8-6-28)22-26-11-15(10-24)31-22)9-17-18(19(13)23)20-16(21(30)27-17)3-2-4-25-20/h9,11,13,19,25H,2-8,12H2,1H3,(H,27,30)/t13?,19-/m1/s1. The number of halogens is 1. The Balaban J connectivity index is 1.33. The van der Waals surface area contributed by atoms with E-state index >= 15 is 4.39 Å². The maximum absolute atomic E-state index is 15.6. The number of anilines is 2. The minimum atomic E-state index is -1.13. The van der Waals surface area contributed by atoms with Crippen LogP contribution >= 0.6 is 11.3 Å². The van der Waals surface area contributed by atoms with Crippen LogP contribution in [0.4, 0.5) is 15.2 Å². The van der Waals surface area contributed by atoms with Crippen molar-refractivity contribution in [2.45, 2.75) is 25.9 Å². The van der Waals surface area contributed by atoms with E-state index in [1.165, 1.54) is 11.3 Å². The molecule has 9 heteroatoms. The molecule has 0 radical (unpaired) electrons. The summed E-state index contributed by atoms with van der Waals surface area (Å²) in [5, 5.41) is 13.2. The second kappa shape index (κ2) is 8.09. The molecule has 1 aliphatic carbocycles. The number of thiazole rings is 1. The van der Waals surface area contributed by atoms with Crippen molar-refractivity contribution in [3.05, 3.63) is 43.8 Å². The maximum atomic E-state index is 15.6. The summed E-state index contributed by atoms with van der Waals surface area (Å²) in [5.41, 5.74) is 3.55. The van der Waals surface area contributed by atoms with E-state index < -0.39 is 6.17 Å². The number of aromatic nitrogens is 2. The SMILES string of the molecule is CC1C(CN2CCN(c3ncc(C#N)s3)CC2)=Cc2[nH]c(=O)c3c(c2[C@@H]1F)NCCC3. The number of pyridine rings is 1. The van der Waals surface area contributed by atoms with Gasteiger partial charge in [-0.05, 0) is 24.5 Å². The third kappa shape index (κ3) is 3.64. The number of aromatic amines is 1. The van der Waals surface area contributed by atoms with Crippen LogP contribution in [0.15, 0.2) is 16.6 Å². The van der Waals surface area contributed by atoms with Crippen molar-refractivity contribution in [3.8, 4) is 6.07 Å². The molecule has 0 amide bonds. The van der Waals surface area contributed by atoms with Crippen molar-refractivity contribution < 1.29 is 4.39 Å². The smallest absolute Gasteiger partial charge is 0.253 e. The molecule has 1 saturated heterocycles. The van der Waals surface area contributed by atoms with E-state index in [9.17, 15) is 4.79 Å². The van der Waals surface area contributed by atoms with Crippen LogP contribution in [0.3, 0.4) is 0 Å². The number of nitrogens with one attached hydrogen (secondary N) is 2. The summed E-state index contributed by atoms with van der Waals surface area (Å²) in [6, 6.07) is 2.14. The van der Waals surface area contributed by atoms with Crippen LogP contribution in [0.1, 0.15) is 41.2 Å². The lowest BCUT2D eigenvalue weighted by atomic mass is 9.82. The van der Waals surface area contributed by atoms with Crippen molar-refractivity contribution in [2.24, 2.45) is 5.92 Å². The second-order valence-corrected chi connectivity index (χ2v) is 9.47. The van der Waals surface area contributed by atoms with E-state index in [1.54, 1.807) is 6.20 Å². The van der Waals surface area contributed by atoms with Crippen molar-refractivity contribution in [1.82, 2.24) is 14.9 Å². The van der Waals surface area contributed by atoms with Gasteiger partial charge in [0.05, 0.1) is 11.9 Å². The van der Waals surface area contributed by atoms with E-state index in [1.807, 2.05) is 13.0 Å². The minimum Gasteiger partial charge on any atom is -0.384 e. The molecule has 2 aromatic rings. The summed E-state index contributed by atoms with van der Waals surface area (Å²) in [6.45, 7) is 6.74. The Hall–Kier alpha value is -2.70. The summed E-state index contributed by atoms with van der Waals surface area (Å²) < 4.78 is 15.6. The van der Waals surface area contributed by atoms with Crippen LogP contribution < -0.4 is 15.8 Å². The van der Waals surface area contributed by atoms with Gasteiger partial charge in [0.2, 0.25) is 0 Å². The molecule has 3 aliphatic rings. The number of nitrogens with zero attached hydrogens (tertiary/aromatic N) is 4. The first kappa shape index (κ1) is 20.2. The molecule has 0 bridgehead atoms. The van der Waals surface area contributed by atoms with Gasteiger partial charge in [0.15, 0.2) is 5.13 Å². The Bertz CT molecular complexity index is 1120. The second-order valence-electron chi connectivity index (χ2n) is 8.46. The molecule has 31 heavy (non-hydrogen) atoms. The first-order valence-electron chi connectivity index (χ1n) is 10.8. The quantitative estimate of drug-likeness (QED) is 0.763. The molecule has 1 fully saturated rings. The third-order valence-electron chi connectivity index (χ3n) is 6.57. The molecule has 2 atom stereocenters. The number of rotatable bonds is 3. The fourth-order valence-corrected chi connectivity index (χ4v) is 5.52. The van der Waals surface area contributed by atoms with Gasteiger partial charge in [-0.3, -0.25) is 9.69 Å². The van der Waals surface area contributed by atoms with Gasteiger partial charge in [-0.1, -0.05) is 18.3 Å². The summed E-state index contributed by atoms with van der Waals surface area (Å²) in [7, 11) is 0. The lowest BCUT2D eigenvalue weighted by Gasteiger charge is -2.37. The highest BCUT2D eigenvalue weighted by atomic mass is 32.1. The zero-order valence-electron chi connectivity index (χ0n) is 17.4. The average Bonchev–Trinajstić information content (AvgIpc) is 3.27. The lowest BCUT2D eigenvalue weighted by molar-refractivity contribution is 0.234. The Morgan fingerprint density at radius 1 is 1.35 bits per heavy atom. The van der Waals surface area contributed by atoms with Gasteiger partial charge < -0.3 is 15.2 Å². The fourth-order valence-electron chi connectivity index (χ4n) is 4.76. The van der Waals surface area contributed by atoms with Gasteiger partial charge in [-0.2, -0.15) is 5.26 Å². The molecule has 0 spiro atoms. The zero-order valence-corrected chi connectivity index (χ0v) is 18.3. The van der Waals surface area contributed by atoms with E-state index in [0.29, 0.717) is 40.4 Å². The Morgan fingerprint density at radius 3 is 2.90 bits per heavy atom. The number of fused-ring (bicyclic) bond motifs is 3. The van der Waals surface area contributed by atoms with Crippen LogP contribution in [0.25, 0.3) is 6.08 Å². The number of nitriles is 1. The molecule has 2 aromatic heterocycles. The Morgan fingerprint density at radius 2 is 2.16 bits per heavy atom. The van der Waals surface area contributed by atoms with Crippen LogP contribution in [-0.4, -0.2) is 54.1 Å². The highest BCUT2D eigenvalue weighted by Gasteiger charge is 2.34. The molecular formula is C22H25FN6OS. The summed E-state index contributed by atoms with van der Waals surface area (Å²) in [6.07, 6.45) is 4.07. The maximum Gasteiger partial charge on any atom is 0.253 e. The van der Waals surface area contributed by atoms with Crippen LogP contribution in [0.5, 0.6) is 0 Å². The van der Waals surface area contributed by atoms with E-state index in [2.05, 4.69) is 31.2 Å². The van der Waals surface area contributed by atoms with E-state index in [-0.39, 0.29) is 11.5 Å². The fraction of sp³-hybridized carbons (Fsp3) is 0.500. The molecule has 1 unspecified atom stereocenters. The number of hydrogen-bond donors (Lipinski definition) is 2. The van der Waals surface area contributed by atoms with Crippen molar-refractivity contribution in [1.29, 1.82) is 5.26 Å². The van der Waals surface area contributed by atoms with E-state index in [0.717, 1.165) is 49.8 Å². The lowest BCUT2D eigenvalue weighted by Crippen LogP contribution is -2.47. The first-order valence-corrected chi connectivity index (χ1v) is 11.6. The molecule has 4 heterocycles. The highest BCUT2D eigenvalue weighted by Crippen LogP contribution is 2.43. The van der Waals surface area contributed by atoms with Gasteiger partial charge >= 0.3 is 0 Å². The van der Waals surface area contributed by atoms with Gasteiger partial charge in [0.1, 0.15) is 17.1 Å². The minimum absolute atomic E-state index is 0.105. The molecule has 162 valence electrons. The average molecular weight is 441 g/mol. The molecule has 5 rings (SSSR count). The first-order chi connectivity index (χ1) is 15.0. The summed E-state index contributed by atoms with van der Waals surface area (Å²) in [5.74, 6) is -0.235. The Kier molecular flexibility index (Phi) is 5.28. The predicted octanol–water partition coefficient (Wildman–Crippen LogP) is 2.93. The van der Waals surface area contributed by atoms with Crippen molar-refractivity contribution in [2.75, 3.05) is 49.5 Å². The number of hydrogen-bond acceptors (Lipinski definition) is 7. The van der Waals surface area contributed by atoms with E-state index in [4.69, 9.17) is 5.26 Å². The predicted molar refractivity (Wildman–Crippen MR) is 120 cm³/mol. The monoisotopic (exact) mass is 440 g/mol. The topological polar surface area (TPSA) is 88.0 Å². The van der Waals surface area contributed by atoms with Crippen LogP contribution in [0, 0.1) is 17.2 Å². The Labute approximate surface area is 184 Å². The zero-order chi connectivity index (χ0) is 21.5. The molecule has 2 aliphatic heterocycles. The third-order valence-corrected chi connectivity index (χ3v) is 7.53. The van der Waals surface area contributed by atoms with Crippen LogP contribution in [-0.2, 0) is 6.42 Å².